The number of benzene rings is 1. The summed E-state index contributed by atoms with van der Waals surface area (Å²) in [4.78, 5) is 29.2. The predicted molar refractivity (Wildman–Crippen MR) is 110 cm³/mol. The van der Waals surface area contributed by atoms with Gasteiger partial charge in [-0.1, -0.05) is 0 Å². The maximum atomic E-state index is 12.9. The summed E-state index contributed by atoms with van der Waals surface area (Å²) in [5.74, 6) is 0.580. The lowest BCUT2D eigenvalue weighted by molar-refractivity contribution is -0.937. The van der Waals surface area contributed by atoms with Crippen LogP contribution in [0.25, 0.3) is 0 Å². The van der Waals surface area contributed by atoms with Gasteiger partial charge in [-0.05, 0) is 50.6 Å². The van der Waals surface area contributed by atoms with E-state index in [0.717, 1.165) is 30.1 Å². The molecule has 7 heteroatoms. The summed E-state index contributed by atoms with van der Waals surface area (Å²) in [6.45, 7) is 8.85. The largest absolute Gasteiger partial charge is 0.497 e. The van der Waals surface area contributed by atoms with Crippen LogP contribution in [0.1, 0.15) is 50.6 Å². The van der Waals surface area contributed by atoms with Crippen LogP contribution in [0.3, 0.4) is 0 Å². The molecule has 1 aliphatic rings. The van der Waals surface area contributed by atoms with Crippen LogP contribution in [0.5, 0.6) is 5.75 Å². The summed E-state index contributed by atoms with van der Waals surface area (Å²) >= 11 is 0. The fourth-order valence-corrected chi connectivity index (χ4v) is 4.10. The lowest BCUT2D eigenvalue weighted by atomic mass is 10.0. The smallest absolute Gasteiger partial charge is 0.268 e. The summed E-state index contributed by atoms with van der Waals surface area (Å²) in [5, 5.41) is 3.07. The van der Waals surface area contributed by atoms with E-state index in [-0.39, 0.29) is 17.7 Å². The first-order chi connectivity index (χ1) is 13.9. The van der Waals surface area contributed by atoms with Gasteiger partial charge in [0.2, 0.25) is 0 Å². The average Bonchev–Trinajstić information content (AvgIpc) is 3.03. The highest BCUT2D eigenvalue weighted by Gasteiger charge is 2.28. The molecular weight excluding hydrogens is 370 g/mol. The average molecular weight is 400 g/mol. The first-order valence-corrected chi connectivity index (χ1v) is 9.97. The van der Waals surface area contributed by atoms with Crippen LogP contribution >= 0.6 is 0 Å². The van der Waals surface area contributed by atoms with Gasteiger partial charge < -0.3 is 24.7 Å². The van der Waals surface area contributed by atoms with Crippen LogP contribution in [-0.2, 0) is 4.74 Å². The minimum absolute atomic E-state index is 0.0378. The Balaban J connectivity index is 1.78. The van der Waals surface area contributed by atoms with Crippen LogP contribution in [-0.4, -0.2) is 56.6 Å². The van der Waals surface area contributed by atoms with Gasteiger partial charge in [0, 0.05) is 16.8 Å². The molecular formula is C22H30N3O4+. The molecule has 0 radical (unpaired) electrons. The zero-order valence-corrected chi connectivity index (χ0v) is 17.6. The zero-order valence-electron chi connectivity index (χ0n) is 17.6. The maximum Gasteiger partial charge on any atom is 0.268 e. The Kier molecular flexibility index (Phi) is 6.71. The second-order valence-electron chi connectivity index (χ2n) is 7.49. The van der Waals surface area contributed by atoms with Crippen LogP contribution in [0, 0.1) is 13.8 Å². The number of ketones is 1. The number of carbonyl (C=O) groups excluding carboxylic acids is 2. The van der Waals surface area contributed by atoms with Gasteiger partial charge in [-0.15, -0.1) is 0 Å². The third-order valence-corrected chi connectivity index (χ3v) is 5.63. The number of H-pyrrole nitrogens is 1. The van der Waals surface area contributed by atoms with Crippen molar-refractivity contribution in [2.24, 2.45) is 0 Å². The number of aromatic nitrogens is 1. The Morgan fingerprint density at radius 2 is 1.86 bits per heavy atom. The molecule has 0 bridgehead atoms. The van der Waals surface area contributed by atoms with Crippen molar-refractivity contribution in [2.45, 2.75) is 26.8 Å². The van der Waals surface area contributed by atoms with E-state index >= 15 is 0 Å². The second kappa shape index (κ2) is 9.24. The molecule has 2 heterocycles. The van der Waals surface area contributed by atoms with Crippen LogP contribution in [0.15, 0.2) is 24.3 Å². The van der Waals surface area contributed by atoms with Gasteiger partial charge in [0.25, 0.3) is 5.91 Å². The Morgan fingerprint density at radius 1 is 1.21 bits per heavy atom. The van der Waals surface area contributed by atoms with Crippen molar-refractivity contribution >= 4 is 11.7 Å². The molecule has 3 N–H and O–H groups in total. The summed E-state index contributed by atoms with van der Waals surface area (Å²) < 4.78 is 10.8. The number of carbonyl (C=O) groups is 2. The third kappa shape index (κ3) is 4.68. The standard InChI is InChI=1S/C22H29N3O4/c1-14-20(16(3)26)15(2)24-21(14)22(27)23-13-19(25-9-11-29-12-10-25)17-5-7-18(28-4)8-6-17/h5-8,19,24H,9-13H2,1-4H3,(H,23,27)/p+1/t19-/m1/s1. The predicted octanol–water partition coefficient (Wildman–Crippen LogP) is 1.23. The van der Waals surface area contributed by atoms with E-state index in [1.807, 2.05) is 26.0 Å². The molecule has 1 fully saturated rings. The van der Waals surface area contributed by atoms with Crippen molar-refractivity contribution in [3.63, 3.8) is 0 Å². The quantitative estimate of drug-likeness (QED) is 0.611. The molecule has 2 aromatic rings. The fourth-order valence-electron chi connectivity index (χ4n) is 4.10. The van der Waals surface area contributed by atoms with Gasteiger partial charge in [0.05, 0.1) is 26.9 Å². The van der Waals surface area contributed by atoms with E-state index in [0.29, 0.717) is 36.6 Å². The molecule has 0 saturated carbocycles. The minimum Gasteiger partial charge on any atom is -0.497 e. The minimum atomic E-state index is -0.190. The Bertz CT molecular complexity index is 867. The monoisotopic (exact) mass is 400 g/mol. The number of amides is 1. The SMILES string of the molecule is COc1ccc([C@@H](CNC(=O)c2[nH]c(C)c(C(C)=O)c2C)[NH+]2CCOCC2)cc1. The summed E-state index contributed by atoms with van der Waals surface area (Å²) in [6, 6.07) is 8.10. The zero-order chi connectivity index (χ0) is 21.0. The molecule has 1 aromatic heterocycles. The van der Waals surface area contributed by atoms with Crippen molar-refractivity contribution in [3.8, 4) is 5.75 Å². The number of aryl methyl sites for hydroxylation is 1. The van der Waals surface area contributed by atoms with E-state index in [9.17, 15) is 9.59 Å². The number of ether oxygens (including phenoxy) is 2. The van der Waals surface area contributed by atoms with Crippen molar-refractivity contribution in [1.82, 2.24) is 10.3 Å². The lowest BCUT2D eigenvalue weighted by Crippen LogP contribution is -3.15. The summed E-state index contributed by atoms with van der Waals surface area (Å²) in [6.07, 6.45) is 0. The highest BCUT2D eigenvalue weighted by Crippen LogP contribution is 2.19. The number of rotatable bonds is 7. The van der Waals surface area contributed by atoms with Crippen LogP contribution < -0.4 is 15.0 Å². The summed E-state index contributed by atoms with van der Waals surface area (Å²) in [5.41, 5.74) is 3.63. The van der Waals surface area contributed by atoms with Gasteiger partial charge >= 0.3 is 0 Å². The molecule has 1 atom stereocenters. The Labute approximate surface area is 171 Å². The Morgan fingerprint density at radius 3 is 2.41 bits per heavy atom. The van der Waals surface area contributed by atoms with Gasteiger partial charge in [0.15, 0.2) is 5.78 Å². The second-order valence-corrected chi connectivity index (χ2v) is 7.49. The molecule has 1 aromatic carbocycles. The first-order valence-electron chi connectivity index (χ1n) is 9.97. The molecule has 29 heavy (non-hydrogen) atoms. The first kappa shape index (κ1) is 21.1. The Hall–Kier alpha value is -2.64. The molecule has 1 aliphatic heterocycles. The molecule has 7 nitrogen and oxygen atoms in total. The van der Waals surface area contributed by atoms with Gasteiger partial charge in [-0.2, -0.15) is 0 Å². The number of hydrogen-bond donors (Lipinski definition) is 3. The number of aromatic amines is 1. The summed E-state index contributed by atoms with van der Waals surface area (Å²) in [7, 11) is 1.65. The number of Topliss-reactive ketones (excluding diaryl/α,β-unsaturated/α-hetero) is 1. The van der Waals surface area contributed by atoms with E-state index in [2.05, 4.69) is 22.4 Å². The number of hydrogen-bond acceptors (Lipinski definition) is 4. The van der Waals surface area contributed by atoms with Gasteiger partial charge in [0.1, 0.15) is 30.6 Å². The molecule has 0 aliphatic carbocycles. The molecule has 0 unspecified atom stereocenters. The number of quaternary nitrogens is 1. The fraction of sp³-hybridized carbons (Fsp3) is 0.455. The maximum absolute atomic E-state index is 12.9. The van der Waals surface area contributed by atoms with Gasteiger partial charge in [-0.3, -0.25) is 9.59 Å². The number of morpholine rings is 1. The molecule has 3 rings (SSSR count). The van der Waals surface area contributed by atoms with Gasteiger partial charge in [-0.25, -0.2) is 0 Å². The van der Waals surface area contributed by atoms with E-state index < -0.39 is 0 Å². The van der Waals surface area contributed by atoms with E-state index in [1.54, 1.807) is 7.11 Å². The molecule has 1 amide bonds. The molecule has 0 spiro atoms. The third-order valence-electron chi connectivity index (χ3n) is 5.63. The number of nitrogens with one attached hydrogen (secondary N) is 3. The lowest BCUT2D eigenvalue weighted by Gasteiger charge is -2.32. The topological polar surface area (TPSA) is 84.9 Å². The van der Waals surface area contributed by atoms with Crippen molar-refractivity contribution < 1.29 is 24.0 Å². The van der Waals surface area contributed by atoms with Crippen LogP contribution in [0.4, 0.5) is 0 Å². The van der Waals surface area contributed by atoms with Crippen molar-refractivity contribution in [1.29, 1.82) is 0 Å². The number of methoxy groups -OCH3 is 1. The van der Waals surface area contributed by atoms with E-state index in [4.69, 9.17) is 9.47 Å². The van der Waals surface area contributed by atoms with Crippen molar-refractivity contribution in [3.05, 3.63) is 52.3 Å². The highest BCUT2D eigenvalue weighted by molar-refractivity contribution is 6.02. The van der Waals surface area contributed by atoms with Crippen molar-refractivity contribution in [2.75, 3.05) is 40.0 Å². The van der Waals surface area contributed by atoms with Crippen LogP contribution in [0.2, 0.25) is 0 Å². The highest BCUT2D eigenvalue weighted by atomic mass is 16.5. The molecule has 1 saturated heterocycles. The molecule has 156 valence electrons. The normalized spacial score (nSPS) is 15.7. The van der Waals surface area contributed by atoms with E-state index in [1.165, 1.54) is 11.8 Å².